The van der Waals surface area contributed by atoms with Gasteiger partial charge in [-0.05, 0) is 36.4 Å². The minimum atomic E-state index is -4.00. The summed E-state index contributed by atoms with van der Waals surface area (Å²) < 4.78 is 26.3. The highest BCUT2D eigenvalue weighted by Crippen LogP contribution is 2.17. The first kappa shape index (κ1) is 21.3. The monoisotopic (exact) mass is 466 g/mol. The molecule has 0 saturated heterocycles. The van der Waals surface area contributed by atoms with Gasteiger partial charge in [0.15, 0.2) is 0 Å². The maximum atomic E-state index is 12.0. The lowest BCUT2D eigenvalue weighted by atomic mass is 10.1. The number of carbonyl (C=O) groups excluding carboxylic acids is 3. The maximum absolute atomic E-state index is 12.0. The van der Waals surface area contributed by atoms with Crippen LogP contribution in [0.4, 0.5) is 5.69 Å². The van der Waals surface area contributed by atoms with Crippen LogP contribution in [0.1, 0.15) is 12.5 Å². The van der Waals surface area contributed by atoms with Gasteiger partial charge in [-0.3, -0.25) is 14.4 Å². The molecule has 0 saturated carbocycles. The van der Waals surface area contributed by atoms with E-state index in [2.05, 4.69) is 21.2 Å². The Hall–Kier alpha value is -2.98. The van der Waals surface area contributed by atoms with Crippen LogP contribution < -0.4 is 10.0 Å². The van der Waals surface area contributed by atoms with Crippen LogP contribution in [0, 0.1) is 0 Å². The fourth-order valence-electron chi connectivity index (χ4n) is 2.05. The standard InChI is InChI=1S/C18H15BrN2O6S/c1-11(22)21-28(26,27)15-8-6-14(7-9-15)20-18(25)17(24)10-16(23)12-2-4-13(19)5-3-12/h2-10,23H,1H3,(H,20,25)(H,21,22)/b16-10-. The third-order valence-corrected chi connectivity index (χ3v) is 5.31. The van der Waals surface area contributed by atoms with Gasteiger partial charge in [-0.2, -0.15) is 0 Å². The number of amides is 2. The van der Waals surface area contributed by atoms with Crippen LogP contribution in [0.5, 0.6) is 0 Å². The van der Waals surface area contributed by atoms with Gasteiger partial charge in [-0.15, -0.1) is 0 Å². The van der Waals surface area contributed by atoms with Crippen molar-refractivity contribution in [3.8, 4) is 0 Å². The van der Waals surface area contributed by atoms with E-state index in [0.29, 0.717) is 5.56 Å². The van der Waals surface area contributed by atoms with Crippen LogP contribution in [0.2, 0.25) is 0 Å². The van der Waals surface area contributed by atoms with Crippen LogP contribution in [-0.2, 0) is 24.4 Å². The van der Waals surface area contributed by atoms with Crippen molar-refractivity contribution in [3.05, 3.63) is 64.6 Å². The van der Waals surface area contributed by atoms with Crippen molar-refractivity contribution in [2.24, 2.45) is 0 Å². The van der Waals surface area contributed by atoms with Crippen LogP contribution in [-0.4, -0.2) is 31.1 Å². The number of aliphatic hydroxyl groups is 1. The second-order valence-corrected chi connectivity index (χ2v) is 8.14. The second kappa shape index (κ2) is 8.81. The molecule has 0 aromatic heterocycles. The smallest absolute Gasteiger partial charge is 0.296 e. The molecule has 0 aliphatic carbocycles. The molecule has 146 valence electrons. The molecule has 0 bridgehead atoms. The number of rotatable bonds is 6. The Balaban J connectivity index is 2.08. The number of carbonyl (C=O) groups is 3. The van der Waals surface area contributed by atoms with Crippen LogP contribution in [0.25, 0.3) is 5.76 Å². The molecule has 8 nitrogen and oxygen atoms in total. The van der Waals surface area contributed by atoms with Crippen LogP contribution >= 0.6 is 15.9 Å². The van der Waals surface area contributed by atoms with Gasteiger partial charge in [-0.25, -0.2) is 13.1 Å². The Morgan fingerprint density at radius 2 is 1.57 bits per heavy atom. The summed E-state index contributed by atoms with van der Waals surface area (Å²) in [6.45, 7) is 1.06. The van der Waals surface area contributed by atoms with Gasteiger partial charge >= 0.3 is 0 Å². The Bertz CT molecular complexity index is 1040. The summed E-state index contributed by atoms with van der Waals surface area (Å²) in [5.41, 5.74) is 0.522. The fraction of sp³-hybridized carbons (Fsp3) is 0.0556. The van der Waals surface area contributed by atoms with Crippen molar-refractivity contribution in [3.63, 3.8) is 0 Å². The average Bonchev–Trinajstić information content (AvgIpc) is 2.61. The van der Waals surface area contributed by atoms with E-state index in [0.717, 1.165) is 17.5 Å². The van der Waals surface area contributed by atoms with E-state index in [-0.39, 0.29) is 16.3 Å². The lowest BCUT2D eigenvalue weighted by Crippen LogP contribution is -2.28. The number of halogens is 1. The van der Waals surface area contributed by atoms with Crippen molar-refractivity contribution in [1.82, 2.24) is 4.72 Å². The highest BCUT2D eigenvalue weighted by atomic mass is 79.9. The first-order chi connectivity index (χ1) is 13.1. The zero-order chi connectivity index (χ0) is 20.9. The first-order valence-electron chi connectivity index (χ1n) is 7.74. The van der Waals surface area contributed by atoms with E-state index in [1.54, 1.807) is 24.3 Å². The topological polar surface area (TPSA) is 130 Å². The van der Waals surface area contributed by atoms with Gasteiger partial charge < -0.3 is 10.4 Å². The Morgan fingerprint density at radius 1 is 1.00 bits per heavy atom. The summed E-state index contributed by atoms with van der Waals surface area (Å²) in [5, 5.41) is 12.2. The minimum absolute atomic E-state index is 0.164. The molecule has 0 heterocycles. The normalized spacial score (nSPS) is 11.6. The second-order valence-electron chi connectivity index (χ2n) is 5.54. The summed E-state index contributed by atoms with van der Waals surface area (Å²) in [6.07, 6.45) is 0.786. The summed E-state index contributed by atoms with van der Waals surface area (Å²) in [4.78, 5) is 34.6. The molecule has 0 atom stereocenters. The predicted octanol–water partition coefficient (Wildman–Crippen LogP) is 2.38. The number of benzene rings is 2. The quantitative estimate of drug-likeness (QED) is 0.340. The molecule has 0 aliphatic heterocycles. The van der Waals surface area contributed by atoms with E-state index < -0.39 is 27.6 Å². The van der Waals surface area contributed by atoms with Crippen molar-refractivity contribution in [2.75, 3.05) is 5.32 Å². The number of hydrogen-bond donors (Lipinski definition) is 3. The molecular formula is C18H15BrN2O6S. The molecule has 0 fully saturated rings. The van der Waals surface area contributed by atoms with Gasteiger partial charge in [0.05, 0.1) is 4.90 Å². The molecule has 2 rings (SSSR count). The van der Waals surface area contributed by atoms with Crippen LogP contribution in [0.15, 0.2) is 64.0 Å². The zero-order valence-corrected chi connectivity index (χ0v) is 16.9. The van der Waals surface area contributed by atoms with E-state index in [1.165, 1.54) is 24.3 Å². The lowest BCUT2D eigenvalue weighted by Gasteiger charge is -2.07. The van der Waals surface area contributed by atoms with Gasteiger partial charge in [0.25, 0.3) is 15.9 Å². The fourth-order valence-corrected chi connectivity index (χ4v) is 3.31. The first-order valence-corrected chi connectivity index (χ1v) is 10.0. The van der Waals surface area contributed by atoms with Crippen molar-refractivity contribution in [2.45, 2.75) is 11.8 Å². The van der Waals surface area contributed by atoms with Gasteiger partial charge in [0.2, 0.25) is 11.7 Å². The van der Waals surface area contributed by atoms with Gasteiger partial charge in [0, 0.05) is 28.7 Å². The number of anilines is 1. The Kier molecular flexibility index (Phi) is 6.71. The molecule has 2 aromatic rings. The third kappa shape index (κ3) is 5.76. The maximum Gasteiger partial charge on any atom is 0.296 e. The highest BCUT2D eigenvalue weighted by Gasteiger charge is 2.17. The Morgan fingerprint density at radius 3 is 2.11 bits per heavy atom. The predicted molar refractivity (Wildman–Crippen MR) is 106 cm³/mol. The number of aliphatic hydroxyl groups excluding tert-OH is 1. The molecule has 2 amide bonds. The number of hydrogen-bond acceptors (Lipinski definition) is 6. The molecule has 10 heteroatoms. The Labute approximate surface area is 169 Å². The molecule has 28 heavy (non-hydrogen) atoms. The number of sulfonamides is 1. The van der Waals surface area contributed by atoms with Gasteiger partial charge in [-0.1, -0.05) is 28.1 Å². The third-order valence-electron chi connectivity index (χ3n) is 3.33. The van der Waals surface area contributed by atoms with E-state index in [4.69, 9.17) is 0 Å². The lowest BCUT2D eigenvalue weighted by molar-refractivity contribution is -0.131. The molecule has 3 N–H and O–H groups in total. The summed E-state index contributed by atoms with van der Waals surface area (Å²) in [5.74, 6) is -3.11. The number of ketones is 1. The highest BCUT2D eigenvalue weighted by molar-refractivity contribution is 9.10. The summed E-state index contributed by atoms with van der Waals surface area (Å²) >= 11 is 3.24. The molecule has 0 spiro atoms. The van der Waals surface area contributed by atoms with E-state index >= 15 is 0 Å². The van der Waals surface area contributed by atoms with E-state index in [1.807, 2.05) is 4.72 Å². The van der Waals surface area contributed by atoms with E-state index in [9.17, 15) is 27.9 Å². The zero-order valence-electron chi connectivity index (χ0n) is 14.5. The van der Waals surface area contributed by atoms with Crippen molar-refractivity contribution >= 4 is 55.0 Å². The SMILES string of the molecule is CC(=O)NS(=O)(=O)c1ccc(NC(=O)C(=O)/C=C(\O)c2ccc(Br)cc2)cc1. The molecular weight excluding hydrogens is 452 g/mol. The molecule has 0 radical (unpaired) electrons. The van der Waals surface area contributed by atoms with Crippen LogP contribution in [0.3, 0.4) is 0 Å². The number of nitrogens with one attached hydrogen (secondary N) is 2. The summed E-state index contributed by atoms with van der Waals surface area (Å²) in [7, 11) is -4.00. The van der Waals surface area contributed by atoms with Crippen molar-refractivity contribution < 1.29 is 27.9 Å². The molecule has 0 unspecified atom stereocenters. The average molecular weight is 467 g/mol. The van der Waals surface area contributed by atoms with Gasteiger partial charge in [0.1, 0.15) is 5.76 Å². The molecule has 0 aliphatic rings. The minimum Gasteiger partial charge on any atom is -0.507 e. The summed E-state index contributed by atoms with van der Waals surface area (Å²) in [6, 6.07) is 11.3. The van der Waals surface area contributed by atoms with Crippen molar-refractivity contribution in [1.29, 1.82) is 0 Å². The molecule has 2 aromatic carbocycles. The largest absolute Gasteiger partial charge is 0.507 e.